The van der Waals surface area contributed by atoms with Crippen molar-refractivity contribution >= 4 is 28.2 Å². The second kappa shape index (κ2) is 11.3. The summed E-state index contributed by atoms with van der Waals surface area (Å²) < 4.78 is 46.2. The first-order chi connectivity index (χ1) is 18.7. The predicted molar refractivity (Wildman–Crippen MR) is 144 cm³/mol. The van der Waals surface area contributed by atoms with E-state index in [0.29, 0.717) is 27.0 Å². The molecule has 0 bridgehead atoms. The van der Waals surface area contributed by atoms with Crippen molar-refractivity contribution in [1.82, 2.24) is 19.6 Å². The Morgan fingerprint density at radius 1 is 0.974 bits per heavy atom. The van der Waals surface area contributed by atoms with E-state index in [2.05, 4.69) is 26.1 Å². The molecule has 12 heteroatoms. The quantitative estimate of drug-likeness (QED) is 0.390. The monoisotopic (exact) mass is 541 g/mol. The Labute approximate surface area is 223 Å². The number of aryl methyl sites for hydroxylation is 1. The van der Waals surface area contributed by atoms with Crippen LogP contribution in [-0.4, -0.2) is 45.6 Å². The first-order valence-electron chi connectivity index (χ1n) is 12.6. The summed E-state index contributed by atoms with van der Waals surface area (Å²) in [5.41, 5.74) is 4.58. The van der Waals surface area contributed by atoms with Crippen molar-refractivity contribution in [3.05, 3.63) is 75.6 Å². The lowest BCUT2D eigenvalue weighted by Gasteiger charge is -2.23. The molecule has 1 aliphatic rings. The van der Waals surface area contributed by atoms with Crippen molar-refractivity contribution in [2.24, 2.45) is 5.73 Å². The van der Waals surface area contributed by atoms with Gasteiger partial charge >= 0.3 is 0 Å². The van der Waals surface area contributed by atoms with E-state index >= 15 is 4.39 Å². The highest BCUT2D eigenvalue weighted by molar-refractivity contribution is 6.09. The predicted octanol–water partition coefficient (Wildman–Crippen LogP) is 4.32. The number of rotatable bonds is 5. The molecule has 1 fully saturated rings. The molecule has 0 atom stereocenters. The first kappa shape index (κ1) is 27.8. The Morgan fingerprint density at radius 2 is 1.62 bits per heavy atom. The molecule has 3 heterocycles. The number of benzene rings is 2. The van der Waals surface area contributed by atoms with E-state index in [-0.39, 0.29) is 17.4 Å². The minimum atomic E-state index is -1.01. The Bertz CT molecular complexity index is 1570. The number of amides is 1. The van der Waals surface area contributed by atoms with Gasteiger partial charge in [0.2, 0.25) is 0 Å². The summed E-state index contributed by atoms with van der Waals surface area (Å²) in [6, 6.07) is 6.44. The largest absolute Gasteiger partial charge is 0.369 e. The van der Waals surface area contributed by atoms with Gasteiger partial charge in [-0.2, -0.15) is 14.9 Å². The molecule has 1 amide bonds. The number of carbonyl (C=O) groups is 1. The Kier molecular flexibility index (Phi) is 8.05. The van der Waals surface area contributed by atoms with Gasteiger partial charge in [-0.05, 0) is 58.9 Å². The average Bonchev–Trinajstić information content (AvgIpc) is 3.55. The van der Waals surface area contributed by atoms with E-state index in [4.69, 9.17) is 0 Å². The van der Waals surface area contributed by atoms with Crippen LogP contribution in [0.2, 0.25) is 0 Å². The fraction of sp³-hybridized carbons (Fsp3) is 0.333. The summed E-state index contributed by atoms with van der Waals surface area (Å²) >= 11 is 0. The molecule has 3 N–H and O–H groups in total. The minimum absolute atomic E-state index is 0.0819. The van der Waals surface area contributed by atoms with Crippen molar-refractivity contribution in [3.8, 4) is 5.69 Å². The van der Waals surface area contributed by atoms with Gasteiger partial charge in [-0.15, -0.1) is 0 Å². The molecule has 0 spiro atoms. The van der Waals surface area contributed by atoms with Crippen LogP contribution in [0.1, 0.15) is 48.9 Å². The summed E-state index contributed by atoms with van der Waals surface area (Å²) in [6.45, 7) is 7.08. The van der Waals surface area contributed by atoms with Crippen LogP contribution in [0, 0.1) is 24.4 Å². The number of nitrogens with zero attached hydrogens (tertiary/aromatic N) is 5. The topological polar surface area (TPSA) is 111 Å². The number of hydrogen-bond donors (Lipinski definition) is 2. The maximum absolute atomic E-state index is 15.5. The highest BCUT2D eigenvalue weighted by atomic mass is 19.1. The summed E-state index contributed by atoms with van der Waals surface area (Å²) in [7, 11) is 1.50. The molecule has 206 valence electrons. The molecule has 2 aromatic heterocycles. The fourth-order valence-corrected chi connectivity index (χ4v) is 4.77. The summed E-state index contributed by atoms with van der Waals surface area (Å²) in [5.74, 6) is -3.32. The Hall–Kier alpha value is -4.19. The van der Waals surface area contributed by atoms with Crippen molar-refractivity contribution < 1.29 is 18.0 Å². The SMILES string of the molecule is CN.Cc1nn(C(C)C)c2c(F)cc(NC(=O)c3ccc(=O)n(-c4c(F)cccc4F)n3)c(N3CCCC3)c12. The molecule has 1 aliphatic heterocycles. The third-order valence-corrected chi connectivity index (χ3v) is 6.42. The fourth-order valence-electron chi connectivity index (χ4n) is 4.77. The normalized spacial score (nSPS) is 13.1. The number of aromatic nitrogens is 4. The van der Waals surface area contributed by atoms with Crippen LogP contribution in [0.3, 0.4) is 0 Å². The molecule has 0 saturated carbocycles. The highest BCUT2D eigenvalue weighted by Crippen LogP contribution is 2.40. The van der Waals surface area contributed by atoms with Gasteiger partial charge in [0, 0.05) is 31.3 Å². The lowest BCUT2D eigenvalue weighted by molar-refractivity contribution is 0.102. The van der Waals surface area contributed by atoms with Gasteiger partial charge in [0.25, 0.3) is 11.5 Å². The van der Waals surface area contributed by atoms with Gasteiger partial charge in [0.15, 0.2) is 17.5 Å². The van der Waals surface area contributed by atoms with Crippen LogP contribution in [0.25, 0.3) is 16.6 Å². The lowest BCUT2D eigenvalue weighted by atomic mass is 10.1. The van der Waals surface area contributed by atoms with Crippen molar-refractivity contribution in [2.45, 2.75) is 39.7 Å². The van der Waals surface area contributed by atoms with E-state index in [9.17, 15) is 18.4 Å². The standard InChI is InChI=1S/C26H25F3N6O2.CH5N/c1-14(2)34-24-18(29)13-20(25(22(24)15(3)31-34)33-11-4-5-12-33)30-26(37)19-9-10-21(36)35(32-19)23-16(27)7-6-8-17(23)28;1-2/h6-10,13-14H,4-5,11-12H2,1-3H3,(H,30,37);2H2,1H3. The molecule has 0 radical (unpaired) electrons. The van der Waals surface area contributed by atoms with Crippen LogP contribution in [0.5, 0.6) is 0 Å². The third-order valence-electron chi connectivity index (χ3n) is 6.42. The molecule has 0 unspecified atom stereocenters. The molecule has 4 aromatic rings. The van der Waals surface area contributed by atoms with Gasteiger partial charge in [-0.3, -0.25) is 14.3 Å². The average molecular weight is 542 g/mol. The maximum Gasteiger partial charge on any atom is 0.276 e. The molecule has 0 aliphatic carbocycles. The maximum atomic E-state index is 15.5. The number of para-hydroxylation sites is 1. The zero-order valence-corrected chi connectivity index (χ0v) is 22.1. The van der Waals surface area contributed by atoms with Crippen LogP contribution in [0.4, 0.5) is 24.5 Å². The van der Waals surface area contributed by atoms with Crippen LogP contribution in [0.15, 0.2) is 41.2 Å². The summed E-state index contributed by atoms with van der Waals surface area (Å²) in [4.78, 5) is 27.7. The smallest absolute Gasteiger partial charge is 0.276 e. The number of fused-ring (bicyclic) bond motifs is 1. The van der Waals surface area contributed by atoms with Gasteiger partial charge in [0.05, 0.1) is 22.5 Å². The van der Waals surface area contributed by atoms with Crippen LogP contribution in [-0.2, 0) is 0 Å². The molecular weight excluding hydrogens is 511 g/mol. The highest BCUT2D eigenvalue weighted by Gasteiger charge is 2.27. The first-order valence-corrected chi connectivity index (χ1v) is 12.6. The molecule has 1 saturated heterocycles. The van der Waals surface area contributed by atoms with Gasteiger partial charge < -0.3 is 16.0 Å². The summed E-state index contributed by atoms with van der Waals surface area (Å²) in [6.07, 6.45) is 1.90. The van der Waals surface area contributed by atoms with Gasteiger partial charge in [-0.1, -0.05) is 6.07 Å². The molecule has 5 rings (SSSR count). The van der Waals surface area contributed by atoms with Crippen molar-refractivity contribution in [3.63, 3.8) is 0 Å². The third kappa shape index (κ3) is 5.11. The minimum Gasteiger partial charge on any atom is -0.369 e. The van der Waals surface area contributed by atoms with Crippen molar-refractivity contribution in [1.29, 1.82) is 0 Å². The van der Waals surface area contributed by atoms with Crippen molar-refractivity contribution in [2.75, 3.05) is 30.4 Å². The molecule has 9 nitrogen and oxygen atoms in total. The van der Waals surface area contributed by atoms with E-state index in [1.54, 1.807) is 11.6 Å². The van der Waals surface area contributed by atoms with E-state index in [1.807, 2.05) is 13.8 Å². The number of nitrogens with one attached hydrogen (secondary N) is 1. The molecule has 2 aromatic carbocycles. The Morgan fingerprint density at radius 3 is 2.23 bits per heavy atom. The number of nitrogens with two attached hydrogens (primary N) is 1. The molecule has 39 heavy (non-hydrogen) atoms. The lowest BCUT2D eigenvalue weighted by Crippen LogP contribution is -2.27. The van der Waals surface area contributed by atoms with E-state index < -0.39 is 34.6 Å². The Balaban J connectivity index is 0.00000172. The number of anilines is 2. The number of carbonyl (C=O) groups excluding carboxylic acids is 1. The number of halogens is 3. The second-order valence-corrected chi connectivity index (χ2v) is 9.29. The van der Waals surface area contributed by atoms with E-state index in [0.717, 1.165) is 56.3 Å². The van der Waals surface area contributed by atoms with Crippen LogP contribution >= 0.6 is 0 Å². The van der Waals surface area contributed by atoms with Gasteiger partial charge in [-0.25, -0.2) is 13.2 Å². The summed E-state index contributed by atoms with van der Waals surface area (Å²) in [5, 5.41) is 11.8. The second-order valence-electron chi connectivity index (χ2n) is 9.29. The van der Waals surface area contributed by atoms with Crippen LogP contribution < -0.4 is 21.5 Å². The number of hydrogen-bond acceptors (Lipinski definition) is 6. The molecular formula is C27H30F3N7O2. The van der Waals surface area contributed by atoms with Gasteiger partial charge in [0.1, 0.15) is 16.9 Å². The van der Waals surface area contributed by atoms with E-state index in [1.165, 1.54) is 13.1 Å². The zero-order chi connectivity index (χ0) is 28.4. The zero-order valence-electron chi connectivity index (χ0n) is 22.1.